The molecule has 0 unspecified atom stereocenters. The van der Waals surface area contributed by atoms with Crippen molar-refractivity contribution in [3.05, 3.63) is 114 Å². The molecule has 0 saturated heterocycles. The lowest BCUT2D eigenvalue weighted by molar-refractivity contribution is 0.482. The lowest BCUT2D eigenvalue weighted by Gasteiger charge is -2.11. The zero-order chi connectivity index (χ0) is 24.8. The van der Waals surface area contributed by atoms with Crippen LogP contribution < -0.4 is 0 Å². The van der Waals surface area contributed by atoms with E-state index in [2.05, 4.69) is 86.6 Å². The Hall–Kier alpha value is -3.84. The molecule has 0 atom stereocenters. The van der Waals surface area contributed by atoms with Crippen molar-refractivity contribution in [1.82, 2.24) is 0 Å². The third kappa shape index (κ3) is 5.00. The minimum atomic E-state index is 0.363. The number of phenols is 1. The summed E-state index contributed by atoms with van der Waals surface area (Å²) >= 11 is 0. The van der Waals surface area contributed by atoms with Crippen LogP contribution in [0, 0.1) is 0 Å². The summed E-state index contributed by atoms with van der Waals surface area (Å²) in [5, 5.41) is 16.9. The molecule has 1 N–H and O–H groups in total. The highest BCUT2D eigenvalue weighted by molar-refractivity contribution is 6.24. The Morgan fingerprint density at radius 3 is 1.49 bits per heavy atom. The molecule has 6 rings (SSSR count). The van der Waals surface area contributed by atoms with E-state index in [1.165, 1.54) is 43.8 Å². The maximum absolute atomic E-state index is 10.1. The quantitative estimate of drug-likeness (QED) is 0.262. The summed E-state index contributed by atoms with van der Waals surface area (Å²) in [6.45, 7) is 8.37. The number of rotatable bonds is 3. The first kappa shape index (κ1) is 24.3. The highest BCUT2D eigenvalue weighted by Crippen LogP contribution is 2.38. The third-order valence-electron chi connectivity index (χ3n) is 6.54. The van der Waals surface area contributed by atoms with Crippen LogP contribution in [0.15, 0.2) is 103 Å². The molecule has 176 valence electrons. The molecule has 6 aromatic rings. The van der Waals surface area contributed by atoms with E-state index >= 15 is 0 Å². The molecule has 0 aliphatic heterocycles. The van der Waals surface area contributed by atoms with Gasteiger partial charge in [0.1, 0.15) is 5.75 Å². The van der Waals surface area contributed by atoms with Crippen molar-refractivity contribution in [2.24, 2.45) is 0 Å². The smallest absolute Gasteiger partial charge is 0.124 e. The summed E-state index contributed by atoms with van der Waals surface area (Å²) in [6, 6.07) is 36.0. The average Bonchev–Trinajstić information content (AvgIpc) is 2.94. The van der Waals surface area contributed by atoms with Crippen molar-refractivity contribution in [2.45, 2.75) is 40.5 Å². The molecule has 0 aliphatic carbocycles. The zero-order valence-electron chi connectivity index (χ0n) is 21.2. The highest BCUT2D eigenvalue weighted by Gasteiger charge is 2.10. The normalized spacial score (nSPS) is 10.6. The van der Waals surface area contributed by atoms with Gasteiger partial charge < -0.3 is 5.11 Å². The van der Waals surface area contributed by atoms with E-state index in [0.29, 0.717) is 5.75 Å². The van der Waals surface area contributed by atoms with Gasteiger partial charge in [-0.25, -0.2) is 0 Å². The van der Waals surface area contributed by atoms with Crippen molar-refractivity contribution in [2.75, 3.05) is 0 Å². The Labute approximate surface area is 209 Å². The third-order valence-corrected chi connectivity index (χ3v) is 6.54. The van der Waals surface area contributed by atoms with E-state index in [9.17, 15) is 5.11 Å². The summed E-state index contributed by atoms with van der Waals surface area (Å²) in [5.74, 6) is 0.363. The Balaban J connectivity index is 0.000000155. The van der Waals surface area contributed by atoms with Crippen molar-refractivity contribution in [3.63, 3.8) is 0 Å². The monoisotopic (exact) mass is 458 g/mol. The second kappa shape index (κ2) is 11.1. The van der Waals surface area contributed by atoms with Crippen molar-refractivity contribution < 1.29 is 5.11 Å². The summed E-state index contributed by atoms with van der Waals surface area (Å²) in [5.41, 5.74) is 5.41. The zero-order valence-corrected chi connectivity index (χ0v) is 21.2. The van der Waals surface area contributed by atoms with Gasteiger partial charge >= 0.3 is 0 Å². The number of aromatic hydroxyl groups is 1. The first-order chi connectivity index (χ1) is 17.2. The van der Waals surface area contributed by atoms with E-state index in [0.717, 1.165) is 23.6 Å². The van der Waals surface area contributed by atoms with Crippen LogP contribution in [0.3, 0.4) is 0 Å². The molecular formula is C34H34O. The number of hydrogen-bond donors (Lipinski definition) is 1. The fraction of sp³-hybridized carbons (Fsp3) is 0.176. The largest absolute Gasteiger partial charge is 0.507 e. The van der Waals surface area contributed by atoms with Crippen LogP contribution in [0.4, 0.5) is 0 Å². The molecule has 0 aliphatic rings. The molecule has 0 aromatic heterocycles. The van der Waals surface area contributed by atoms with Crippen molar-refractivity contribution in [3.8, 4) is 16.9 Å². The van der Waals surface area contributed by atoms with Gasteiger partial charge in [0.2, 0.25) is 0 Å². The second-order valence-electron chi connectivity index (χ2n) is 8.55. The summed E-state index contributed by atoms with van der Waals surface area (Å²) in [6.07, 6.45) is 2.21. The van der Waals surface area contributed by atoms with Gasteiger partial charge in [-0.2, -0.15) is 0 Å². The molecule has 35 heavy (non-hydrogen) atoms. The average molecular weight is 459 g/mol. The summed E-state index contributed by atoms with van der Waals surface area (Å²) in [4.78, 5) is 0. The first-order valence-corrected chi connectivity index (χ1v) is 12.7. The SMILES string of the molecule is CC.CCc1ccc(-c2ccc(CC)cc2)cc1.Oc1cc2cccc3ccc4cccc1c4c32. The minimum absolute atomic E-state index is 0.363. The molecule has 1 nitrogen and oxygen atoms in total. The van der Waals surface area contributed by atoms with Crippen LogP contribution in [0.2, 0.25) is 0 Å². The molecule has 0 saturated carbocycles. The molecule has 1 heteroatoms. The van der Waals surface area contributed by atoms with E-state index in [1.54, 1.807) is 0 Å². The molecule has 0 amide bonds. The lowest BCUT2D eigenvalue weighted by atomic mass is 9.94. The Bertz CT molecular complexity index is 1460. The first-order valence-electron chi connectivity index (χ1n) is 12.7. The van der Waals surface area contributed by atoms with Gasteiger partial charge in [-0.15, -0.1) is 0 Å². The van der Waals surface area contributed by atoms with E-state index in [4.69, 9.17) is 0 Å². The van der Waals surface area contributed by atoms with E-state index in [1.807, 2.05) is 44.2 Å². The summed E-state index contributed by atoms with van der Waals surface area (Å²) < 4.78 is 0. The molecule has 6 aromatic carbocycles. The molecule has 0 spiro atoms. The fourth-order valence-electron chi connectivity index (χ4n) is 4.61. The van der Waals surface area contributed by atoms with Gasteiger partial charge in [-0.3, -0.25) is 0 Å². The predicted octanol–water partition coefficient (Wildman–Crippen LogP) is 9.79. The van der Waals surface area contributed by atoms with Crippen LogP contribution >= 0.6 is 0 Å². The molecule has 0 heterocycles. The number of benzene rings is 6. The Morgan fingerprint density at radius 1 is 0.514 bits per heavy atom. The van der Waals surface area contributed by atoms with E-state index < -0.39 is 0 Å². The maximum atomic E-state index is 10.1. The molecule has 0 radical (unpaired) electrons. The van der Waals surface area contributed by atoms with Gasteiger partial charge in [-0.1, -0.05) is 125 Å². The van der Waals surface area contributed by atoms with Crippen LogP contribution in [0.5, 0.6) is 5.75 Å². The number of hydrogen-bond acceptors (Lipinski definition) is 1. The van der Waals surface area contributed by atoms with E-state index in [-0.39, 0.29) is 0 Å². The topological polar surface area (TPSA) is 20.2 Å². The van der Waals surface area contributed by atoms with Gasteiger partial charge in [0.15, 0.2) is 0 Å². The highest BCUT2D eigenvalue weighted by atomic mass is 16.3. The van der Waals surface area contributed by atoms with Gasteiger partial charge in [-0.05, 0) is 62.7 Å². The second-order valence-corrected chi connectivity index (χ2v) is 8.55. The predicted molar refractivity (Wildman–Crippen MR) is 154 cm³/mol. The van der Waals surface area contributed by atoms with Gasteiger partial charge in [0.25, 0.3) is 0 Å². The minimum Gasteiger partial charge on any atom is -0.507 e. The van der Waals surface area contributed by atoms with Crippen LogP contribution in [-0.2, 0) is 12.8 Å². The van der Waals surface area contributed by atoms with Gasteiger partial charge in [0.05, 0.1) is 0 Å². The van der Waals surface area contributed by atoms with Crippen molar-refractivity contribution >= 4 is 32.3 Å². The molecule has 0 bridgehead atoms. The van der Waals surface area contributed by atoms with Crippen molar-refractivity contribution in [1.29, 1.82) is 0 Å². The Kier molecular flexibility index (Phi) is 7.67. The number of aryl methyl sites for hydroxylation is 2. The lowest BCUT2D eigenvalue weighted by Crippen LogP contribution is -1.83. The summed E-state index contributed by atoms with van der Waals surface area (Å²) in [7, 11) is 0. The van der Waals surface area contributed by atoms with Crippen LogP contribution in [0.25, 0.3) is 43.4 Å². The molecule has 0 fully saturated rings. The Morgan fingerprint density at radius 2 is 0.971 bits per heavy atom. The standard InChI is InChI=1S/C16H10O.C16H18.C2H6/c17-14-9-12-5-1-3-10-7-8-11-4-2-6-13(14)16(11)15(10)12;1-3-13-5-9-15(10-6-13)16-11-7-14(4-2)8-12-16;1-2/h1-9,17H;5-12H,3-4H2,1-2H3;1-2H3. The van der Waals surface area contributed by atoms with Gasteiger partial charge in [0, 0.05) is 10.8 Å². The molecular weight excluding hydrogens is 424 g/mol. The number of phenolic OH excluding ortho intramolecular Hbond substituents is 1. The van der Waals surface area contributed by atoms with Crippen LogP contribution in [0.1, 0.15) is 38.8 Å². The fourth-order valence-corrected chi connectivity index (χ4v) is 4.61. The van der Waals surface area contributed by atoms with Crippen LogP contribution in [-0.4, -0.2) is 5.11 Å². The maximum Gasteiger partial charge on any atom is 0.124 e.